The quantitative estimate of drug-likeness (QED) is 0.763. The van der Waals surface area contributed by atoms with E-state index in [0.29, 0.717) is 17.5 Å². The number of hydrogen-bond donors (Lipinski definition) is 1. The molecule has 1 heterocycles. The Morgan fingerprint density at radius 2 is 2.43 bits per heavy atom. The highest BCUT2D eigenvalue weighted by Crippen LogP contribution is 2.06. The molecule has 0 atom stereocenters. The number of rotatable bonds is 4. The van der Waals surface area contributed by atoms with Crippen molar-refractivity contribution in [3.05, 3.63) is 17.5 Å². The molecule has 0 aliphatic heterocycles. The molecule has 0 bridgehead atoms. The van der Waals surface area contributed by atoms with Crippen molar-refractivity contribution in [1.29, 1.82) is 0 Å². The van der Waals surface area contributed by atoms with Crippen molar-refractivity contribution in [1.82, 2.24) is 9.97 Å². The molecule has 0 fully saturated rings. The van der Waals surface area contributed by atoms with Crippen LogP contribution >= 0.6 is 11.6 Å². The van der Waals surface area contributed by atoms with Crippen LogP contribution in [0.25, 0.3) is 0 Å². The van der Waals surface area contributed by atoms with Gasteiger partial charge in [0, 0.05) is 6.54 Å². The number of aromatic nitrogens is 2. The smallest absolute Gasteiger partial charge is 0.307 e. The van der Waals surface area contributed by atoms with Crippen LogP contribution in [0.3, 0.4) is 0 Å². The van der Waals surface area contributed by atoms with E-state index in [0.717, 1.165) is 0 Å². The molecule has 0 aliphatic carbocycles. The SMILES string of the molecule is COC(=O)CCNc1cncc(Cl)n1. The van der Waals surface area contributed by atoms with Gasteiger partial charge < -0.3 is 10.1 Å². The maximum atomic E-state index is 10.7. The van der Waals surface area contributed by atoms with E-state index in [-0.39, 0.29) is 12.4 Å². The Morgan fingerprint density at radius 3 is 3.07 bits per heavy atom. The van der Waals surface area contributed by atoms with Gasteiger partial charge in [0.2, 0.25) is 0 Å². The first-order valence-corrected chi connectivity index (χ1v) is 4.38. The van der Waals surface area contributed by atoms with Gasteiger partial charge in [0.05, 0.1) is 25.9 Å². The van der Waals surface area contributed by atoms with Crippen molar-refractivity contribution in [2.75, 3.05) is 19.0 Å². The summed E-state index contributed by atoms with van der Waals surface area (Å²) in [4.78, 5) is 18.5. The zero-order valence-electron chi connectivity index (χ0n) is 7.66. The zero-order valence-corrected chi connectivity index (χ0v) is 8.41. The first kappa shape index (κ1) is 10.7. The molecule has 6 heteroatoms. The Balaban J connectivity index is 2.35. The van der Waals surface area contributed by atoms with Gasteiger partial charge in [-0.15, -0.1) is 0 Å². The molecule has 0 spiro atoms. The molecule has 0 amide bonds. The minimum Gasteiger partial charge on any atom is -0.469 e. The second kappa shape index (κ2) is 5.39. The van der Waals surface area contributed by atoms with E-state index in [1.807, 2.05) is 0 Å². The molecule has 1 aromatic rings. The Hall–Kier alpha value is -1.36. The number of anilines is 1. The van der Waals surface area contributed by atoms with Gasteiger partial charge in [0.15, 0.2) is 0 Å². The van der Waals surface area contributed by atoms with Gasteiger partial charge in [-0.2, -0.15) is 0 Å². The Labute approximate surface area is 86.5 Å². The summed E-state index contributed by atoms with van der Waals surface area (Å²) in [6.45, 7) is 0.446. The Morgan fingerprint density at radius 1 is 1.64 bits per heavy atom. The first-order valence-electron chi connectivity index (χ1n) is 4.00. The maximum Gasteiger partial charge on any atom is 0.307 e. The molecule has 1 N–H and O–H groups in total. The van der Waals surface area contributed by atoms with Crippen LogP contribution in [0, 0.1) is 0 Å². The molecule has 0 aromatic carbocycles. The van der Waals surface area contributed by atoms with E-state index >= 15 is 0 Å². The van der Waals surface area contributed by atoms with Gasteiger partial charge in [-0.05, 0) is 0 Å². The second-order valence-corrected chi connectivity index (χ2v) is 2.87. The van der Waals surface area contributed by atoms with Crippen molar-refractivity contribution >= 4 is 23.4 Å². The number of methoxy groups -OCH3 is 1. The molecule has 0 saturated heterocycles. The molecule has 14 heavy (non-hydrogen) atoms. The third kappa shape index (κ3) is 3.57. The summed E-state index contributed by atoms with van der Waals surface area (Å²) in [6.07, 6.45) is 3.25. The lowest BCUT2D eigenvalue weighted by atomic mass is 10.4. The van der Waals surface area contributed by atoms with Gasteiger partial charge >= 0.3 is 5.97 Å². The van der Waals surface area contributed by atoms with Crippen LogP contribution in [0.4, 0.5) is 5.82 Å². The zero-order chi connectivity index (χ0) is 10.4. The van der Waals surface area contributed by atoms with E-state index in [1.165, 1.54) is 19.5 Å². The highest BCUT2D eigenvalue weighted by molar-refractivity contribution is 6.29. The standard InChI is InChI=1S/C8H10ClN3O2/c1-14-8(13)2-3-11-7-5-10-4-6(9)12-7/h4-5H,2-3H2,1H3,(H,11,12). The van der Waals surface area contributed by atoms with Gasteiger partial charge in [-0.1, -0.05) is 11.6 Å². The monoisotopic (exact) mass is 215 g/mol. The fraction of sp³-hybridized carbons (Fsp3) is 0.375. The fourth-order valence-electron chi connectivity index (χ4n) is 0.822. The lowest BCUT2D eigenvalue weighted by molar-refractivity contribution is -0.140. The van der Waals surface area contributed by atoms with E-state index in [4.69, 9.17) is 11.6 Å². The molecular formula is C8H10ClN3O2. The molecular weight excluding hydrogens is 206 g/mol. The summed E-state index contributed by atoms with van der Waals surface area (Å²) in [5, 5.41) is 3.20. The molecule has 0 aliphatic rings. The average Bonchev–Trinajstić information content (AvgIpc) is 2.17. The summed E-state index contributed by atoms with van der Waals surface area (Å²) < 4.78 is 4.47. The average molecular weight is 216 g/mol. The van der Waals surface area contributed by atoms with Crippen LogP contribution < -0.4 is 5.32 Å². The highest BCUT2D eigenvalue weighted by Gasteiger charge is 2.00. The predicted molar refractivity (Wildman–Crippen MR) is 52.2 cm³/mol. The largest absolute Gasteiger partial charge is 0.469 e. The normalized spacial score (nSPS) is 9.57. The van der Waals surface area contributed by atoms with Crippen LogP contribution in [-0.4, -0.2) is 29.6 Å². The van der Waals surface area contributed by atoms with Crippen LogP contribution in [0.2, 0.25) is 5.15 Å². The molecule has 0 unspecified atom stereocenters. The van der Waals surface area contributed by atoms with Crippen LogP contribution in [-0.2, 0) is 9.53 Å². The predicted octanol–water partition coefficient (Wildman–Crippen LogP) is 1.10. The van der Waals surface area contributed by atoms with Gasteiger partial charge in [0.1, 0.15) is 11.0 Å². The Bertz CT molecular complexity index is 319. The lowest BCUT2D eigenvalue weighted by Crippen LogP contribution is -2.10. The first-order chi connectivity index (χ1) is 6.72. The number of esters is 1. The minimum absolute atomic E-state index is 0.271. The second-order valence-electron chi connectivity index (χ2n) is 2.48. The van der Waals surface area contributed by atoms with Crippen LogP contribution in [0.15, 0.2) is 12.4 Å². The molecule has 76 valence electrons. The fourth-order valence-corrected chi connectivity index (χ4v) is 0.969. The number of carbonyl (C=O) groups excluding carboxylic acids is 1. The van der Waals surface area contributed by atoms with Gasteiger partial charge in [-0.25, -0.2) is 4.98 Å². The molecule has 0 radical (unpaired) electrons. The third-order valence-electron chi connectivity index (χ3n) is 1.47. The number of halogens is 1. The number of nitrogens with zero attached hydrogens (tertiary/aromatic N) is 2. The van der Waals surface area contributed by atoms with Crippen LogP contribution in [0.5, 0.6) is 0 Å². The maximum absolute atomic E-state index is 10.7. The molecule has 1 rings (SSSR count). The molecule has 0 saturated carbocycles. The number of carbonyl (C=O) groups is 1. The summed E-state index contributed by atoms with van der Waals surface area (Å²) in [5.74, 6) is 0.272. The Kier molecular flexibility index (Phi) is 4.12. The third-order valence-corrected chi connectivity index (χ3v) is 1.65. The molecule has 5 nitrogen and oxygen atoms in total. The van der Waals surface area contributed by atoms with Crippen molar-refractivity contribution in [2.24, 2.45) is 0 Å². The lowest BCUT2D eigenvalue weighted by Gasteiger charge is -2.03. The number of ether oxygens (including phenoxy) is 1. The van der Waals surface area contributed by atoms with E-state index in [2.05, 4.69) is 20.0 Å². The van der Waals surface area contributed by atoms with Crippen molar-refractivity contribution in [3.8, 4) is 0 Å². The highest BCUT2D eigenvalue weighted by atomic mass is 35.5. The number of nitrogens with one attached hydrogen (secondary N) is 1. The van der Waals surface area contributed by atoms with Crippen LogP contribution in [0.1, 0.15) is 6.42 Å². The van der Waals surface area contributed by atoms with E-state index < -0.39 is 0 Å². The van der Waals surface area contributed by atoms with Crippen molar-refractivity contribution in [3.63, 3.8) is 0 Å². The van der Waals surface area contributed by atoms with Crippen molar-refractivity contribution in [2.45, 2.75) is 6.42 Å². The summed E-state index contributed by atoms with van der Waals surface area (Å²) >= 11 is 5.61. The number of hydrogen-bond acceptors (Lipinski definition) is 5. The topological polar surface area (TPSA) is 64.1 Å². The van der Waals surface area contributed by atoms with Gasteiger partial charge in [0.25, 0.3) is 0 Å². The van der Waals surface area contributed by atoms with Gasteiger partial charge in [-0.3, -0.25) is 9.78 Å². The van der Waals surface area contributed by atoms with E-state index in [9.17, 15) is 4.79 Å². The molecule has 1 aromatic heterocycles. The summed E-state index contributed by atoms with van der Waals surface area (Å²) in [5.41, 5.74) is 0. The summed E-state index contributed by atoms with van der Waals surface area (Å²) in [7, 11) is 1.35. The summed E-state index contributed by atoms with van der Waals surface area (Å²) in [6, 6.07) is 0. The minimum atomic E-state index is -0.271. The van der Waals surface area contributed by atoms with Crippen molar-refractivity contribution < 1.29 is 9.53 Å². The van der Waals surface area contributed by atoms with E-state index in [1.54, 1.807) is 0 Å².